The molecule has 0 saturated heterocycles. The van der Waals surface area contributed by atoms with Crippen molar-refractivity contribution in [3.63, 3.8) is 0 Å². The summed E-state index contributed by atoms with van der Waals surface area (Å²) in [5.41, 5.74) is 8.57. The number of aromatic nitrogens is 2. The van der Waals surface area contributed by atoms with Crippen molar-refractivity contribution in [2.24, 2.45) is 5.73 Å². The highest BCUT2D eigenvalue weighted by atomic mass is 35.5. The van der Waals surface area contributed by atoms with Crippen LogP contribution >= 0.6 is 12.4 Å². The molecular weight excluding hydrogens is 388 g/mol. The molecule has 0 fully saturated rings. The Labute approximate surface area is 174 Å². The molecular formula is C21H21ClN6O. The van der Waals surface area contributed by atoms with Crippen LogP contribution in [0.15, 0.2) is 60.9 Å². The van der Waals surface area contributed by atoms with Crippen LogP contribution in [0.2, 0.25) is 0 Å². The lowest BCUT2D eigenvalue weighted by Gasteiger charge is -2.16. The maximum atomic E-state index is 12.6. The summed E-state index contributed by atoms with van der Waals surface area (Å²) in [7, 11) is 0. The Morgan fingerprint density at radius 2 is 1.90 bits per heavy atom. The smallest absolute Gasteiger partial charge is 0.254 e. The van der Waals surface area contributed by atoms with Crippen molar-refractivity contribution in [2.45, 2.75) is 6.54 Å². The molecule has 0 atom stereocenters. The van der Waals surface area contributed by atoms with Crippen molar-refractivity contribution < 1.29 is 4.79 Å². The van der Waals surface area contributed by atoms with Gasteiger partial charge < -0.3 is 16.0 Å². The third-order valence-electron chi connectivity index (χ3n) is 4.69. The largest absolute Gasteiger partial charge is 0.384 e. The van der Waals surface area contributed by atoms with Crippen molar-refractivity contribution in [1.29, 1.82) is 5.41 Å². The van der Waals surface area contributed by atoms with Gasteiger partial charge in [-0.3, -0.25) is 10.2 Å². The number of fused-ring (bicyclic) bond motifs is 1. The number of rotatable bonds is 5. The average Bonchev–Trinajstić information content (AvgIpc) is 3.26. The zero-order valence-corrected chi connectivity index (χ0v) is 16.4. The Morgan fingerprint density at radius 1 is 1.10 bits per heavy atom. The first-order valence-electron chi connectivity index (χ1n) is 8.98. The van der Waals surface area contributed by atoms with Crippen molar-refractivity contribution in [3.8, 4) is 0 Å². The summed E-state index contributed by atoms with van der Waals surface area (Å²) in [6, 6.07) is 13.0. The summed E-state index contributed by atoms with van der Waals surface area (Å²) in [6.07, 6.45) is 5.47. The molecule has 0 unspecified atom stereocenters. The number of hydrogen-bond acceptors (Lipinski definition) is 5. The number of nitrogens with two attached hydrogens (primary N) is 1. The summed E-state index contributed by atoms with van der Waals surface area (Å²) < 4.78 is 0. The lowest BCUT2D eigenvalue weighted by atomic mass is 10.1. The summed E-state index contributed by atoms with van der Waals surface area (Å²) in [4.78, 5) is 23.0. The number of benzene rings is 2. The number of amidine groups is 1. The summed E-state index contributed by atoms with van der Waals surface area (Å²) in [6.45, 7) is 1.83. The maximum absolute atomic E-state index is 12.6. The van der Waals surface area contributed by atoms with Crippen molar-refractivity contribution in [1.82, 2.24) is 14.9 Å². The van der Waals surface area contributed by atoms with Gasteiger partial charge >= 0.3 is 0 Å². The van der Waals surface area contributed by atoms with E-state index in [-0.39, 0.29) is 24.1 Å². The average molecular weight is 409 g/mol. The molecule has 0 bridgehead atoms. The third kappa shape index (κ3) is 4.35. The normalized spacial score (nSPS) is 12.6. The highest BCUT2D eigenvalue weighted by molar-refractivity contribution is 6.00. The highest BCUT2D eigenvalue weighted by Gasteiger charge is 2.17. The number of hydrogen-bond donors (Lipinski definition) is 3. The first kappa shape index (κ1) is 20.3. The van der Waals surface area contributed by atoms with Crippen LogP contribution < -0.4 is 11.1 Å². The predicted molar refractivity (Wildman–Crippen MR) is 117 cm³/mol. The van der Waals surface area contributed by atoms with Gasteiger partial charge in [-0.15, -0.1) is 12.4 Å². The van der Waals surface area contributed by atoms with Crippen LogP contribution in [0.5, 0.6) is 0 Å². The van der Waals surface area contributed by atoms with Crippen molar-refractivity contribution in [2.75, 3.05) is 18.4 Å². The second kappa shape index (κ2) is 8.70. The first-order chi connectivity index (χ1) is 13.6. The van der Waals surface area contributed by atoms with Gasteiger partial charge in [-0.2, -0.15) is 0 Å². The van der Waals surface area contributed by atoms with Crippen molar-refractivity contribution >= 4 is 40.9 Å². The molecule has 0 saturated carbocycles. The van der Waals surface area contributed by atoms with Gasteiger partial charge in [0.15, 0.2) is 0 Å². The molecule has 0 spiro atoms. The van der Waals surface area contributed by atoms with Gasteiger partial charge in [-0.25, -0.2) is 9.97 Å². The van der Waals surface area contributed by atoms with E-state index >= 15 is 0 Å². The standard InChI is InChI=1S/C21H20N6O.ClH/c22-19(23)15-5-3-4-14(10-15)12-24-20-17-7-6-16(11-18(17)25-13-26-20)21(28)27-8-1-2-9-27;/h1-7,10-11,13H,8-9,12H2,(H3,22,23)(H,24,25,26);1H. The monoisotopic (exact) mass is 408 g/mol. The molecule has 1 aliphatic rings. The molecule has 4 N–H and O–H groups in total. The van der Waals surface area contributed by atoms with Gasteiger partial charge in [0.25, 0.3) is 5.91 Å². The highest BCUT2D eigenvalue weighted by Crippen LogP contribution is 2.22. The zero-order chi connectivity index (χ0) is 19.5. The third-order valence-corrected chi connectivity index (χ3v) is 4.69. The quantitative estimate of drug-likeness (QED) is 0.341. The van der Waals surface area contributed by atoms with Crippen LogP contribution in [-0.2, 0) is 6.54 Å². The lowest BCUT2D eigenvalue weighted by molar-refractivity contribution is 0.0800. The Bertz CT molecular complexity index is 1090. The van der Waals surface area contributed by atoms with Gasteiger partial charge in [-0.1, -0.05) is 30.4 Å². The van der Waals surface area contributed by atoms with E-state index in [0.29, 0.717) is 42.1 Å². The fraction of sp³-hybridized carbons (Fsp3) is 0.143. The molecule has 0 radical (unpaired) electrons. The fourth-order valence-corrected chi connectivity index (χ4v) is 3.19. The number of halogens is 1. The number of anilines is 1. The van der Waals surface area contributed by atoms with Gasteiger partial charge in [0, 0.05) is 36.1 Å². The van der Waals surface area contributed by atoms with Gasteiger partial charge in [0.2, 0.25) is 0 Å². The Balaban J connectivity index is 0.00000240. The van der Waals surface area contributed by atoms with Crippen LogP contribution in [0, 0.1) is 5.41 Å². The minimum absolute atomic E-state index is 0. The Hall–Kier alpha value is -3.45. The maximum Gasteiger partial charge on any atom is 0.254 e. The van der Waals surface area contributed by atoms with E-state index in [4.69, 9.17) is 11.1 Å². The SMILES string of the molecule is Cl.N=C(N)c1cccc(CNc2ncnc3cc(C(=O)N4CC=CC4)ccc23)c1. The molecule has 2 aromatic carbocycles. The number of nitrogen functional groups attached to an aromatic ring is 1. The molecule has 3 aromatic rings. The van der Waals surface area contributed by atoms with E-state index in [1.165, 1.54) is 6.33 Å². The Morgan fingerprint density at radius 3 is 2.66 bits per heavy atom. The van der Waals surface area contributed by atoms with E-state index in [1.54, 1.807) is 17.0 Å². The lowest BCUT2D eigenvalue weighted by Crippen LogP contribution is -2.28. The van der Waals surface area contributed by atoms with Gasteiger partial charge in [0.1, 0.15) is 18.0 Å². The molecule has 8 heteroatoms. The molecule has 1 aliphatic heterocycles. The predicted octanol–water partition coefficient (Wildman–Crippen LogP) is 2.96. The summed E-state index contributed by atoms with van der Waals surface area (Å²) >= 11 is 0. The molecule has 1 amide bonds. The van der Waals surface area contributed by atoms with Crippen LogP contribution in [0.1, 0.15) is 21.5 Å². The summed E-state index contributed by atoms with van der Waals surface area (Å²) in [5, 5.41) is 11.7. The van der Waals surface area contributed by atoms with Gasteiger partial charge in [0.05, 0.1) is 5.52 Å². The zero-order valence-electron chi connectivity index (χ0n) is 15.6. The van der Waals surface area contributed by atoms with Gasteiger partial charge in [-0.05, 0) is 29.8 Å². The minimum Gasteiger partial charge on any atom is -0.384 e. The van der Waals surface area contributed by atoms with E-state index in [2.05, 4.69) is 15.3 Å². The molecule has 148 valence electrons. The molecule has 4 rings (SSSR count). The second-order valence-electron chi connectivity index (χ2n) is 6.60. The molecule has 7 nitrogen and oxygen atoms in total. The number of carbonyl (C=O) groups is 1. The number of amides is 1. The summed E-state index contributed by atoms with van der Waals surface area (Å²) in [5.74, 6) is 0.737. The number of carbonyl (C=O) groups excluding carboxylic acids is 1. The van der Waals surface area contributed by atoms with E-state index < -0.39 is 0 Å². The topological polar surface area (TPSA) is 108 Å². The number of nitrogens with one attached hydrogen (secondary N) is 2. The van der Waals surface area contributed by atoms with E-state index in [9.17, 15) is 4.79 Å². The fourth-order valence-electron chi connectivity index (χ4n) is 3.19. The number of nitrogens with zero attached hydrogens (tertiary/aromatic N) is 3. The van der Waals surface area contributed by atoms with Crippen LogP contribution in [0.25, 0.3) is 10.9 Å². The second-order valence-corrected chi connectivity index (χ2v) is 6.60. The minimum atomic E-state index is 0. The molecule has 1 aromatic heterocycles. The van der Waals surface area contributed by atoms with E-state index in [0.717, 1.165) is 10.9 Å². The molecule has 29 heavy (non-hydrogen) atoms. The molecule has 0 aliphatic carbocycles. The Kier molecular flexibility index (Phi) is 6.09. The van der Waals surface area contributed by atoms with Crippen LogP contribution in [-0.4, -0.2) is 39.7 Å². The van der Waals surface area contributed by atoms with Crippen molar-refractivity contribution in [3.05, 3.63) is 77.6 Å². The first-order valence-corrected chi connectivity index (χ1v) is 8.98. The van der Waals surface area contributed by atoms with Crippen LogP contribution in [0.3, 0.4) is 0 Å². The van der Waals surface area contributed by atoms with E-state index in [1.807, 2.05) is 42.5 Å². The molecule has 2 heterocycles. The van der Waals surface area contributed by atoms with Crippen LogP contribution in [0.4, 0.5) is 5.82 Å².